The molecule has 3 heterocycles. The minimum Gasteiger partial charge on any atom is -0.354 e. The van der Waals surface area contributed by atoms with Crippen molar-refractivity contribution in [3.8, 4) is 10.7 Å². The van der Waals surface area contributed by atoms with E-state index in [0.717, 1.165) is 11.3 Å². The molecule has 1 aliphatic rings. The van der Waals surface area contributed by atoms with Gasteiger partial charge >= 0.3 is 0 Å². The average Bonchev–Trinajstić information content (AvgIpc) is 3.09. The van der Waals surface area contributed by atoms with Crippen molar-refractivity contribution in [2.45, 2.75) is 19.4 Å². The lowest BCUT2D eigenvalue weighted by Gasteiger charge is -2.07. The van der Waals surface area contributed by atoms with E-state index in [-0.39, 0.29) is 11.8 Å². The minimum atomic E-state index is -0.444. The topological polar surface area (TPSA) is 84.0 Å². The summed E-state index contributed by atoms with van der Waals surface area (Å²) in [5.74, 6) is -0.401. The Morgan fingerprint density at radius 2 is 2.33 bits per heavy atom. The number of nitrogens with zero attached hydrogens (tertiary/aromatic N) is 2. The molecule has 1 fully saturated rings. The monoisotopic (exact) mass is 302 g/mol. The smallest absolute Gasteiger partial charge is 0.263 e. The number of amides is 2. The highest BCUT2D eigenvalue weighted by molar-refractivity contribution is 7.16. The molecule has 6 nitrogen and oxygen atoms in total. The zero-order chi connectivity index (χ0) is 14.8. The number of carbonyl (C=O) groups is 2. The van der Waals surface area contributed by atoms with Gasteiger partial charge in [-0.2, -0.15) is 0 Å². The van der Waals surface area contributed by atoms with Crippen LogP contribution in [0.4, 0.5) is 0 Å². The summed E-state index contributed by atoms with van der Waals surface area (Å²) in [4.78, 5) is 32.5. The fourth-order valence-corrected chi connectivity index (χ4v) is 2.90. The molecular weight excluding hydrogens is 288 g/mol. The van der Waals surface area contributed by atoms with Crippen LogP contribution in [0, 0.1) is 6.92 Å². The molecule has 0 bridgehead atoms. The van der Waals surface area contributed by atoms with E-state index in [1.165, 1.54) is 17.5 Å². The van der Waals surface area contributed by atoms with Crippen LogP contribution in [0.25, 0.3) is 10.7 Å². The van der Waals surface area contributed by atoms with Gasteiger partial charge in [-0.1, -0.05) is 0 Å². The Labute approximate surface area is 125 Å². The van der Waals surface area contributed by atoms with E-state index < -0.39 is 6.04 Å². The molecule has 2 N–H and O–H groups in total. The summed E-state index contributed by atoms with van der Waals surface area (Å²) in [6, 6.07) is 3.38. The van der Waals surface area contributed by atoms with Crippen LogP contribution in [-0.2, 0) is 4.79 Å². The summed E-state index contributed by atoms with van der Waals surface area (Å²) in [6.45, 7) is 2.58. The van der Waals surface area contributed by atoms with E-state index in [2.05, 4.69) is 20.6 Å². The zero-order valence-corrected chi connectivity index (χ0v) is 12.2. The van der Waals surface area contributed by atoms with Gasteiger partial charge in [-0.25, -0.2) is 4.98 Å². The number of carbonyl (C=O) groups excluding carboxylic acids is 2. The second-order valence-electron chi connectivity index (χ2n) is 4.85. The van der Waals surface area contributed by atoms with Gasteiger partial charge in [0.05, 0.1) is 11.9 Å². The van der Waals surface area contributed by atoms with Crippen molar-refractivity contribution in [3.05, 3.63) is 35.0 Å². The maximum atomic E-state index is 12.1. The van der Waals surface area contributed by atoms with E-state index >= 15 is 0 Å². The molecule has 0 spiro atoms. The number of thiazole rings is 1. The molecule has 0 aromatic carbocycles. The molecule has 21 heavy (non-hydrogen) atoms. The second-order valence-corrected chi connectivity index (χ2v) is 5.88. The first-order valence-corrected chi connectivity index (χ1v) is 7.42. The van der Waals surface area contributed by atoms with Gasteiger partial charge in [0, 0.05) is 12.7 Å². The number of aryl methyl sites for hydroxylation is 1. The lowest BCUT2D eigenvalue weighted by atomic mass is 10.2. The largest absolute Gasteiger partial charge is 0.354 e. The molecule has 0 aliphatic carbocycles. The van der Waals surface area contributed by atoms with Gasteiger partial charge in [-0.15, -0.1) is 11.3 Å². The SMILES string of the molecule is Cc1ccnc(-c2ncc(C(=O)N[C@H]3CCNC3=O)s2)c1. The van der Waals surface area contributed by atoms with Gasteiger partial charge in [-0.05, 0) is 31.0 Å². The molecule has 7 heteroatoms. The molecule has 0 radical (unpaired) electrons. The van der Waals surface area contributed by atoms with E-state index in [1.807, 2.05) is 19.1 Å². The average molecular weight is 302 g/mol. The van der Waals surface area contributed by atoms with Gasteiger partial charge in [0.1, 0.15) is 15.9 Å². The molecule has 2 aromatic rings. The molecule has 0 unspecified atom stereocenters. The van der Waals surface area contributed by atoms with Crippen LogP contribution in [0.3, 0.4) is 0 Å². The number of aromatic nitrogens is 2. The van der Waals surface area contributed by atoms with Gasteiger partial charge in [0.2, 0.25) is 5.91 Å². The Kier molecular flexibility index (Phi) is 3.66. The van der Waals surface area contributed by atoms with Gasteiger partial charge in [-0.3, -0.25) is 14.6 Å². The predicted octanol–water partition coefficient (Wildman–Crippen LogP) is 1.13. The third-order valence-corrected chi connectivity index (χ3v) is 4.24. The first kappa shape index (κ1) is 13.7. The number of hydrogen-bond donors (Lipinski definition) is 2. The maximum absolute atomic E-state index is 12.1. The Bertz CT molecular complexity index is 698. The van der Waals surface area contributed by atoms with Crippen molar-refractivity contribution in [2.24, 2.45) is 0 Å². The molecule has 0 saturated carbocycles. The Morgan fingerprint density at radius 1 is 1.48 bits per heavy atom. The van der Waals surface area contributed by atoms with Crippen LogP contribution < -0.4 is 10.6 Å². The summed E-state index contributed by atoms with van der Waals surface area (Å²) >= 11 is 1.27. The van der Waals surface area contributed by atoms with Crippen molar-refractivity contribution in [1.29, 1.82) is 0 Å². The summed E-state index contributed by atoms with van der Waals surface area (Å²) < 4.78 is 0. The molecular formula is C14H14N4O2S. The molecule has 2 aromatic heterocycles. The highest BCUT2D eigenvalue weighted by Crippen LogP contribution is 2.24. The van der Waals surface area contributed by atoms with E-state index in [1.54, 1.807) is 6.20 Å². The number of rotatable bonds is 3. The highest BCUT2D eigenvalue weighted by atomic mass is 32.1. The van der Waals surface area contributed by atoms with Crippen molar-refractivity contribution in [2.75, 3.05) is 6.54 Å². The Morgan fingerprint density at radius 3 is 3.05 bits per heavy atom. The molecule has 1 atom stereocenters. The van der Waals surface area contributed by atoms with Crippen LogP contribution in [0.2, 0.25) is 0 Å². The second kappa shape index (κ2) is 5.61. The predicted molar refractivity (Wildman–Crippen MR) is 79.0 cm³/mol. The standard InChI is InChI=1S/C14H14N4O2S/c1-8-2-4-15-10(6-8)14-17-7-11(21-14)13(20)18-9-3-5-16-12(9)19/h2,4,6-7,9H,3,5H2,1H3,(H,16,19)(H,18,20)/t9-/m0/s1. The van der Waals surface area contributed by atoms with E-state index in [0.29, 0.717) is 22.9 Å². The van der Waals surface area contributed by atoms with E-state index in [9.17, 15) is 9.59 Å². The van der Waals surface area contributed by atoms with Crippen molar-refractivity contribution in [3.63, 3.8) is 0 Å². The number of nitrogens with one attached hydrogen (secondary N) is 2. The Hall–Kier alpha value is -2.28. The molecule has 1 saturated heterocycles. The summed E-state index contributed by atoms with van der Waals surface area (Å²) in [7, 11) is 0. The fraction of sp³-hybridized carbons (Fsp3) is 0.286. The Balaban J connectivity index is 1.75. The maximum Gasteiger partial charge on any atom is 0.263 e. The third-order valence-electron chi connectivity index (χ3n) is 3.22. The van der Waals surface area contributed by atoms with Gasteiger partial charge < -0.3 is 10.6 Å². The van der Waals surface area contributed by atoms with Gasteiger partial charge in [0.15, 0.2) is 0 Å². The first-order chi connectivity index (χ1) is 10.1. The minimum absolute atomic E-state index is 0.131. The zero-order valence-electron chi connectivity index (χ0n) is 11.4. The summed E-state index contributed by atoms with van der Waals surface area (Å²) in [5.41, 5.74) is 1.83. The van der Waals surface area contributed by atoms with E-state index in [4.69, 9.17) is 0 Å². The van der Waals surface area contributed by atoms with Crippen LogP contribution in [-0.4, -0.2) is 34.4 Å². The van der Waals surface area contributed by atoms with Crippen molar-refractivity contribution in [1.82, 2.24) is 20.6 Å². The third kappa shape index (κ3) is 2.92. The van der Waals surface area contributed by atoms with Crippen molar-refractivity contribution >= 4 is 23.2 Å². The first-order valence-electron chi connectivity index (χ1n) is 6.61. The van der Waals surface area contributed by atoms with Crippen LogP contribution in [0.5, 0.6) is 0 Å². The summed E-state index contributed by atoms with van der Waals surface area (Å²) in [5, 5.41) is 6.10. The van der Waals surface area contributed by atoms with Crippen LogP contribution >= 0.6 is 11.3 Å². The lowest BCUT2D eigenvalue weighted by Crippen LogP contribution is -2.39. The molecule has 2 amide bonds. The normalized spacial score (nSPS) is 17.6. The van der Waals surface area contributed by atoms with Crippen LogP contribution in [0.15, 0.2) is 24.5 Å². The fourth-order valence-electron chi connectivity index (χ4n) is 2.11. The quantitative estimate of drug-likeness (QED) is 0.890. The number of pyridine rings is 1. The highest BCUT2D eigenvalue weighted by Gasteiger charge is 2.26. The summed E-state index contributed by atoms with van der Waals surface area (Å²) in [6.07, 6.45) is 3.86. The molecule has 3 rings (SSSR count). The lowest BCUT2D eigenvalue weighted by molar-refractivity contribution is -0.120. The van der Waals surface area contributed by atoms with Crippen LogP contribution in [0.1, 0.15) is 21.7 Å². The molecule has 1 aliphatic heterocycles. The van der Waals surface area contributed by atoms with Gasteiger partial charge in [0.25, 0.3) is 5.91 Å². The van der Waals surface area contributed by atoms with Crippen molar-refractivity contribution < 1.29 is 9.59 Å². The number of hydrogen-bond acceptors (Lipinski definition) is 5. The molecule has 108 valence electrons.